The second kappa shape index (κ2) is 8.40. The largest absolute Gasteiger partial charge is 0.378 e. The molecular formula is C20H20N4OS. The van der Waals surface area contributed by atoms with Crippen LogP contribution in [0.3, 0.4) is 0 Å². The first-order valence-corrected chi connectivity index (χ1v) is 9.09. The fraction of sp³-hybridized carbons (Fsp3) is 0.150. The lowest BCUT2D eigenvalue weighted by molar-refractivity contribution is -0.120. The van der Waals surface area contributed by atoms with E-state index < -0.39 is 0 Å². The van der Waals surface area contributed by atoms with Crippen LogP contribution in [0, 0.1) is 0 Å². The number of anilines is 1. The van der Waals surface area contributed by atoms with Crippen LogP contribution in [0.2, 0.25) is 0 Å². The van der Waals surface area contributed by atoms with Gasteiger partial charge in [-0.25, -0.2) is 10.4 Å². The molecule has 0 saturated heterocycles. The Morgan fingerprint density at radius 2 is 1.88 bits per heavy atom. The molecular weight excluding hydrogens is 344 g/mol. The van der Waals surface area contributed by atoms with Crippen molar-refractivity contribution in [1.82, 2.24) is 10.4 Å². The number of carbonyl (C=O) groups is 1. The van der Waals surface area contributed by atoms with Gasteiger partial charge in [-0.3, -0.25) is 4.79 Å². The number of hydrogen-bond donors (Lipinski definition) is 1. The zero-order valence-corrected chi connectivity index (χ0v) is 15.5. The SMILES string of the molecule is CN(C)c1ccc(C=NNC(=O)Cc2csc(-c3ccccc3)n2)cc1. The van der Waals surface area contributed by atoms with Crippen molar-refractivity contribution in [3.8, 4) is 10.6 Å². The van der Waals surface area contributed by atoms with Crippen molar-refractivity contribution in [2.24, 2.45) is 5.10 Å². The van der Waals surface area contributed by atoms with Crippen LogP contribution in [0.25, 0.3) is 10.6 Å². The fourth-order valence-corrected chi connectivity index (χ4v) is 3.17. The molecule has 5 nitrogen and oxygen atoms in total. The molecule has 0 aliphatic carbocycles. The molecule has 1 heterocycles. The zero-order chi connectivity index (χ0) is 18.4. The Labute approximate surface area is 157 Å². The van der Waals surface area contributed by atoms with Gasteiger partial charge in [-0.1, -0.05) is 42.5 Å². The number of amides is 1. The van der Waals surface area contributed by atoms with Crippen molar-refractivity contribution in [2.45, 2.75) is 6.42 Å². The molecule has 0 aliphatic rings. The number of aromatic nitrogens is 1. The van der Waals surface area contributed by atoms with Crippen molar-refractivity contribution in [2.75, 3.05) is 19.0 Å². The van der Waals surface area contributed by atoms with Gasteiger partial charge in [0, 0.05) is 30.7 Å². The standard InChI is InChI=1S/C20H20N4OS/c1-24(2)18-10-8-15(9-11-18)13-21-23-19(25)12-17-14-26-20(22-17)16-6-4-3-5-7-16/h3-11,13-14H,12H2,1-2H3,(H,23,25). The summed E-state index contributed by atoms with van der Waals surface area (Å²) < 4.78 is 0. The molecule has 3 rings (SSSR count). The predicted octanol–water partition coefficient (Wildman–Crippen LogP) is 3.57. The van der Waals surface area contributed by atoms with Crippen LogP contribution in [0.1, 0.15) is 11.3 Å². The average Bonchev–Trinajstić information content (AvgIpc) is 3.11. The number of hydrazone groups is 1. The topological polar surface area (TPSA) is 57.6 Å². The van der Waals surface area contributed by atoms with Crippen LogP contribution in [-0.4, -0.2) is 31.2 Å². The number of thiazole rings is 1. The van der Waals surface area contributed by atoms with Gasteiger partial charge in [0.2, 0.25) is 5.91 Å². The van der Waals surface area contributed by atoms with Gasteiger partial charge in [-0.15, -0.1) is 11.3 Å². The molecule has 0 aliphatic heterocycles. The number of nitrogens with one attached hydrogen (secondary N) is 1. The summed E-state index contributed by atoms with van der Waals surface area (Å²) >= 11 is 1.54. The van der Waals surface area contributed by atoms with E-state index in [-0.39, 0.29) is 12.3 Å². The molecule has 6 heteroatoms. The van der Waals surface area contributed by atoms with Crippen molar-refractivity contribution >= 4 is 29.1 Å². The molecule has 0 spiro atoms. The first kappa shape index (κ1) is 17.8. The van der Waals surface area contributed by atoms with E-state index >= 15 is 0 Å². The molecule has 26 heavy (non-hydrogen) atoms. The van der Waals surface area contributed by atoms with Gasteiger partial charge in [0.05, 0.1) is 18.3 Å². The highest BCUT2D eigenvalue weighted by atomic mass is 32.1. The fourth-order valence-electron chi connectivity index (χ4n) is 2.34. The summed E-state index contributed by atoms with van der Waals surface area (Å²) in [5.74, 6) is -0.184. The smallest absolute Gasteiger partial charge is 0.246 e. The van der Waals surface area contributed by atoms with Gasteiger partial charge in [0.1, 0.15) is 5.01 Å². The zero-order valence-electron chi connectivity index (χ0n) is 14.7. The predicted molar refractivity (Wildman–Crippen MR) is 108 cm³/mol. The van der Waals surface area contributed by atoms with E-state index in [0.717, 1.165) is 27.5 Å². The molecule has 1 N–H and O–H groups in total. The quantitative estimate of drug-likeness (QED) is 0.537. The summed E-state index contributed by atoms with van der Waals surface area (Å²) in [7, 11) is 3.98. The molecule has 0 saturated carbocycles. The third kappa shape index (κ3) is 4.77. The van der Waals surface area contributed by atoms with Crippen LogP contribution in [0.5, 0.6) is 0 Å². The maximum atomic E-state index is 12.0. The number of benzene rings is 2. The molecule has 0 unspecified atom stereocenters. The number of carbonyl (C=O) groups excluding carboxylic acids is 1. The highest BCUT2D eigenvalue weighted by molar-refractivity contribution is 7.13. The Balaban J connectivity index is 1.53. The summed E-state index contributed by atoms with van der Waals surface area (Å²) in [6, 6.07) is 17.9. The third-order valence-corrected chi connectivity index (χ3v) is 4.67. The van der Waals surface area contributed by atoms with E-state index in [2.05, 4.69) is 15.5 Å². The van der Waals surface area contributed by atoms with Crippen LogP contribution in [0.15, 0.2) is 65.1 Å². The Morgan fingerprint density at radius 3 is 2.58 bits per heavy atom. The van der Waals surface area contributed by atoms with E-state index in [4.69, 9.17) is 0 Å². The number of nitrogens with zero attached hydrogens (tertiary/aromatic N) is 3. The molecule has 132 valence electrons. The Bertz CT molecular complexity index is 886. The molecule has 1 amide bonds. The summed E-state index contributed by atoms with van der Waals surface area (Å²) in [6.45, 7) is 0. The van der Waals surface area contributed by atoms with Crippen molar-refractivity contribution in [3.63, 3.8) is 0 Å². The normalized spacial score (nSPS) is 10.8. The van der Waals surface area contributed by atoms with Crippen LogP contribution in [-0.2, 0) is 11.2 Å². The van der Waals surface area contributed by atoms with Crippen LogP contribution >= 0.6 is 11.3 Å². The van der Waals surface area contributed by atoms with E-state index in [1.165, 1.54) is 11.3 Å². The molecule has 2 aromatic carbocycles. The van der Waals surface area contributed by atoms with Crippen LogP contribution < -0.4 is 10.3 Å². The number of rotatable bonds is 6. The van der Waals surface area contributed by atoms with E-state index in [1.54, 1.807) is 6.21 Å². The first-order valence-electron chi connectivity index (χ1n) is 8.21. The summed E-state index contributed by atoms with van der Waals surface area (Å²) in [5, 5.41) is 6.84. The minimum Gasteiger partial charge on any atom is -0.378 e. The van der Waals surface area contributed by atoms with Gasteiger partial charge < -0.3 is 4.90 Å². The van der Waals surface area contributed by atoms with Gasteiger partial charge >= 0.3 is 0 Å². The molecule has 1 aromatic heterocycles. The van der Waals surface area contributed by atoms with Gasteiger partial charge in [-0.05, 0) is 17.7 Å². The first-order chi connectivity index (χ1) is 12.6. The minimum absolute atomic E-state index is 0.184. The van der Waals surface area contributed by atoms with E-state index in [0.29, 0.717) is 0 Å². The molecule has 0 radical (unpaired) electrons. The highest BCUT2D eigenvalue weighted by Crippen LogP contribution is 2.23. The van der Waals surface area contributed by atoms with Crippen molar-refractivity contribution in [1.29, 1.82) is 0 Å². The third-order valence-electron chi connectivity index (χ3n) is 3.73. The van der Waals surface area contributed by atoms with E-state index in [1.807, 2.05) is 79.0 Å². The van der Waals surface area contributed by atoms with E-state index in [9.17, 15) is 4.79 Å². The summed E-state index contributed by atoms with van der Waals surface area (Å²) in [6.07, 6.45) is 1.84. The second-order valence-electron chi connectivity index (χ2n) is 5.97. The molecule has 0 bridgehead atoms. The summed E-state index contributed by atoms with van der Waals surface area (Å²) in [5.41, 5.74) is 6.40. The lowest BCUT2D eigenvalue weighted by Crippen LogP contribution is -2.19. The maximum Gasteiger partial charge on any atom is 0.246 e. The second-order valence-corrected chi connectivity index (χ2v) is 6.82. The lowest BCUT2D eigenvalue weighted by atomic mass is 10.2. The Morgan fingerprint density at radius 1 is 1.15 bits per heavy atom. The Hall–Kier alpha value is -2.99. The molecule has 0 atom stereocenters. The molecule has 0 fully saturated rings. The maximum absolute atomic E-state index is 12.0. The van der Waals surface area contributed by atoms with Crippen molar-refractivity contribution < 1.29 is 4.79 Å². The Kier molecular flexibility index (Phi) is 5.76. The van der Waals surface area contributed by atoms with Crippen molar-refractivity contribution in [3.05, 3.63) is 71.2 Å². The minimum atomic E-state index is -0.184. The lowest BCUT2D eigenvalue weighted by Gasteiger charge is -2.11. The number of hydrogen-bond acceptors (Lipinski definition) is 5. The van der Waals surface area contributed by atoms with Gasteiger partial charge in [0.25, 0.3) is 0 Å². The molecule has 3 aromatic rings. The highest BCUT2D eigenvalue weighted by Gasteiger charge is 2.08. The average molecular weight is 364 g/mol. The monoisotopic (exact) mass is 364 g/mol. The van der Waals surface area contributed by atoms with Gasteiger partial charge in [-0.2, -0.15) is 5.10 Å². The van der Waals surface area contributed by atoms with Crippen LogP contribution in [0.4, 0.5) is 5.69 Å². The summed E-state index contributed by atoms with van der Waals surface area (Å²) in [4.78, 5) is 18.6. The van der Waals surface area contributed by atoms with Gasteiger partial charge in [0.15, 0.2) is 0 Å².